The number of amides is 1. The maximum atomic E-state index is 11.9. The van der Waals surface area contributed by atoms with E-state index in [-0.39, 0.29) is 5.91 Å². The van der Waals surface area contributed by atoms with Crippen LogP contribution in [-0.4, -0.2) is 23.4 Å². The summed E-state index contributed by atoms with van der Waals surface area (Å²) in [5.41, 5.74) is 1.91. The number of hydrogen-bond acceptors (Lipinski definition) is 5. The van der Waals surface area contributed by atoms with E-state index in [0.29, 0.717) is 33.2 Å². The number of halogens is 1. The molecule has 1 aliphatic heterocycles. The number of benzene rings is 2. The van der Waals surface area contributed by atoms with Crippen LogP contribution in [0.5, 0.6) is 11.5 Å². The lowest BCUT2D eigenvalue weighted by atomic mass is 10.1. The summed E-state index contributed by atoms with van der Waals surface area (Å²) in [6.45, 7) is 2.76. The molecule has 0 unspecified atom stereocenters. The summed E-state index contributed by atoms with van der Waals surface area (Å²) < 4.78 is 11.9. The van der Waals surface area contributed by atoms with Gasteiger partial charge in [-0.2, -0.15) is 0 Å². The fourth-order valence-corrected chi connectivity index (χ4v) is 3.48. The second kappa shape index (κ2) is 8.58. The summed E-state index contributed by atoms with van der Waals surface area (Å²) in [4.78, 5) is 12.4. The molecule has 1 amide bonds. The minimum Gasteiger partial charge on any atom is -0.490 e. The molecule has 3 rings (SSSR count). The number of carbonyl (C=O) groups excluding carboxylic acids is 1. The van der Waals surface area contributed by atoms with Crippen LogP contribution in [0.25, 0.3) is 6.08 Å². The van der Waals surface area contributed by atoms with Crippen molar-refractivity contribution in [2.45, 2.75) is 6.92 Å². The van der Waals surface area contributed by atoms with Crippen molar-refractivity contribution in [1.29, 1.82) is 0 Å². The number of thioether (sulfide) groups is 1. The van der Waals surface area contributed by atoms with Crippen molar-refractivity contribution in [2.75, 3.05) is 13.2 Å². The first-order valence-corrected chi connectivity index (χ1v) is 9.48. The number of aryl methyl sites for hydroxylation is 1. The molecule has 1 fully saturated rings. The number of rotatable bonds is 6. The third kappa shape index (κ3) is 5.00. The van der Waals surface area contributed by atoms with Crippen LogP contribution >= 0.6 is 35.6 Å². The molecular weight excluding hydrogens is 390 g/mol. The van der Waals surface area contributed by atoms with Gasteiger partial charge in [0.15, 0.2) is 0 Å². The average molecular weight is 406 g/mol. The average Bonchev–Trinajstić information content (AvgIpc) is 2.92. The van der Waals surface area contributed by atoms with Crippen molar-refractivity contribution in [3.63, 3.8) is 0 Å². The Bertz CT molecular complexity index is 866. The largest absolute Gasteiger partial charge is 0.490 e. The van der Waals surface area contributed by atoms with Crippen molar-refractivity contribution in [2.24, 2.45) is 0 Å². The van der Waals surface area contributed by atoms with Crippen molar-refractivity contribution < 1.29 is 14.3 Å². The van der Waals surface area contributed by atoms with E-state index in [9.17, 15) is 4.79 Å². The molecule has 0 spiro atoms. The highest BCUT2D eigenvalue weighted by Crippen LogP contribution is 2.30. The van der Waals surface area contributed by atoms with Gasteiger partial charge in [-0.1, -0.05) is 47.2 Å². The van der Waals surface area contributed by atoms with E-state index >= 15 is 0 Å². The standard InChI is InChI=1S/C19H16ClNO3S2/c1-12-2-7-16(13(10-12)11-17-18(22)21-19(25)26-17)24-9-8-23-15-5-3-14(20)4-6-15/h2-7,10-11H,8-9H2,1H3,(H,21,22,25)/b17-11-. The van der Waals surface area contributed by atoms with E-state index in [2.05, 4.69) is 5.32 Å². The van der Waals surface area contributed by atoms with Gasteiger partial charge in [-0.3, -0.25) is 4.79 Å². The summed E-state index contributed by atoms with van der Waals surface area (Å²) in [6.07, 6.45) is 1.79. The zero-order valence-corrected chi connectivity index (χ0v) is 16.3. The molecule has 1 heterocycles. The minimum atomic E-state index is -0.182. The topological polar surface area (TPSA) is 47.6 Å². The summed E-state index contributed by atoms with van der Waals surface area (Å²) in [6, 6.07) is 13.0. The summed E-state index contributed by atoms with van der Waals surface area (Å²) in [5.74, 6) is 1.24. The van der Waals surface area contributed by atoms with Crippen LogP contribution in [0.4, 0.5) is 0 Å². The molecule has 0 aromatic heterocycles. The van der Waals surface area contributed by atoms with Crippen molar-refractivity contribution in [1.82, 2.24) is 5.32 Å². The number of thiocarbonyl (C=S) groups is 1. The van der Waals surface area contributed by atoms with Gasteiger partial charge in [0.1, 0.15) is 29.0 Å². The molecule has 26 heavy (non-hydrogen) atoms. The van der Waals surface area contributed by atoms with E-state index in [0.717, 1.165) is 16.9 Å². The molecule has 1 aliphatic rings. The van der Waals surface area contributed by atoms with E-state index in [1.54, 1.807) is 18.2 Å². The van der Waals surface area contributed by atoms with Crippen LogP contribution in [0.3, 0.4) is 0 Å². The van der Waals surface area contributed by atoms with Gasteiger partial charge in [-0.15, -0.1) is 0 Å². The number of ether oxygens (including phenoxy) is 2. The quantitative estimate of drug-likeness (QED) is 0.432. The molecule has 7 heteroatoms. The normalized spacial score (nSPS) is 15.2. The SMILES string of the molecule is Cc1ccc(OCCOc2ccc(Cl)cc2)c(/C=C2\SC(=S)NC2=O)c1. The second-order valence-electron chi connectivity index (χ2n) is 5.54. The Balaban J connectivity index is 1.64. The van der Waals surface area contributed by atoms with Crippen molar-refractivity contribution >= 4 is 51.9 Å². The van der Waals surface area contributed by atoms with Gasteiger partial charge in [0.05, 0.1) is 4.91 Å². The molecule has 0 bridgehead atoms. The Hall–Kier alpha value is -2.02. The third-order valence-electron chi connectivity index (χ3n) is 3.52. The van der Waals surface area contributed by atoms with E-state index in [4.69, 9.17) is 33.3 Å². The molecule has 2 aromatic rings. The predicted octanol–water partition coefficient (Wildman–Crippen LogP) is 4.60. The fourth-order valence-electron chi connectivity index (χ4n) is 2.32. The van der Waals surface area contributed by atoms with Crippen molar-refractivity contribution in [3.05, 3.63) is 63.5 Å². The number of carbonyl (C=O) groups is 1. The van der Waals surface area contributed by atoms with Gasteiger partial charge in [0, 0.05) is 10.6 Å². The zero-order valence-electron chi connectivity index (χ0n) is 14.0. The lowest BCUT2D eigenvalue weighted by Crippen LogP contribution is -2.17. The Labute approximate surface area is 166 Å². The summed E-state index contributed by atoms with van der Waals surface area (Å²) in [7, 11) is 0. The van der Waals surface area contributed by atoms with Crippen LogP contribution in [-0.2, 0) is 4.79 Å². The van der Waals surface area contributed by atoms with Gasteiger partial charge in [0.25, 0.3) is 5.91 Å². The Morgan fingerprint density at radius 3 is 2.58 bits per heavy atom. The van der Waals surface area contributed by atoms with Crippen LogP contribution in [0.1, 0.15) is 11.1 Å². The Morgan fingerprint density at radius 2 is 1.88 bits per heavy atom. The van der Waals surface area contributed by atoms with Gasteiger partial charge in [0.2, 0.25) is 0 Å². The highest BCUT2D eigenvalue weighted by Gasteiger charge is 2.22. The lowest BCUT2D eigenvalue weighted by Gasteiger charge is -2.11. The molecule has 134 valence electrons. The van der Waals surface area contributed by atoms with Gasteiger partial charge < -0.3 is 14.8 Å². The predicted molar refractivity (Wildman–Crippen MR) is 110 cm³/mol. The first kappa shape index (κ1) is 18.8. The molecule has 2 aromatic carbocycles. The van der Waals surface area contributed by atoms with E-state index < -0.39 is 0 Å². The van der Waals surface area contributed by atoms with Crippen molar-refractivity contribution in [3.8, 4) is 11.5 Å². The van der Waals surface area contributed by atoms with Gasteiger partial charge in [-0.25, -0.2) is 0 Å². The molecule has 0 atom stereocenters. The van der Waals surface area contributed by atoms with Gasteiger partial charge in [-0.05, 0) is 49.4 Å². The maximum Gasteiger partial charge on any atom is 0.263 e. The van der Waals surface area contributed by atoms with Gasteiger partial charge >= 0.3 is 0 Å². The molecule has 0 aliphatic carbocycles. The fraction of sp³-hybridized carbons (Fsp3) is 0.158. The zero-order chi connectivity index (χ0) is 18.5. The first-order chi connectivity index (χ1) is 12.5. The maximum absolute atomic E-state index is 11.9. The lowest BCUT2D eigenvalue weighted by molar-refractivity contribution is -0.115. The number of nitrogens with one attached hydrogen (secondary N) is 1. The molecule has 4 nitrogen and oxygen atoms in total. The minimum absolute atomic E-state index is 0.182. The summed E-state index contributed by atoms with van der Waals surface area (Å²) in [5, 5.41) is 3.28. The molecular formula is C19H16ClNO3S2. The van der Waals surface area contributed by atoms with Crippen LogP contribution in [0.2, 0.25) is 5.02 Å². The monoisotopic (exact) mass is 405 g/mol. The van der Waals surface area contributed by atoms with Crippen LogP contribution in [0, 0.1) is 6.92 Å². The van der Waals surface area contributed by atoms with Crippen LogP contribution in [0.15, 0.2) is 47.4 Å². The summed E-state index contributed by atoms with van der Waals surface area (Å²) >= 11 is 12.1. The second-order valence-corrected chi connectivity index (χ2v) is 7.70. The third-order valence-corrected chi connectivity index (χ3v) is 4.93. The Morgan fingerprint density at radius 1 is 1.15 bits per heavy atom. The molecule has 1 N–H and O–H groups in total. The smallest absolute Gasteiger partial charge is 0.263 e. The Kier molecular flexibility index (Phi) is 6.19. The molecule has 0 radical (unpaired) electrons. The van der Waals surface area contributed by atoms with E-state index in [1.807, 2.05) is 37.3 Å². The number of hydrogen-bond donors (Lipinski definition) is 1. The first-order valence-electron chi connectivity index (χ1n) is 7.88. The molecule has 0 saturated carbocycles. The van der Waals surface area contributed by atoms with E-state index in [1.165, 1.54) is 11.8 Å². The van der Waals surface area contributed by atoms with Crippen LogP contribution < -0.4 is 14.8 Å². The highest BCUT2D eigenvalue weighted by molar-refractivity contribution is 8.26. The highest BCUT2D eigenvalue weighted by atomic mass is 35.5. The molecule has 1 saturated heterocycles.